The lowest BCUT2D eigenvalue weighted by Crippen LogP contribution is -2.79. The molecule has 0 aromatic heterocycles. The topological polar surface area (TPSA) is 41.6 Å². The van der Waals surface area contributed by atoms with Crippen LogP contribution in [0.2, 0.25) is 0 Å². The highest BCUT2D eigenvalue weighted by Crippen LogP contribution is 2.46. The summed E-state index contributed by atoms with van der Waals surface area (Å²) in [6, 6.07) is 1.30. The van der Waals surface area contributed by atoms with Crippen LogP contribution in [-0.4, -0.2) is 47.7 Å². The minimum absolute atomic E-state index is 0.0264. The van der Waals surface area contributed by atoms with Gasteiger partial charge in [-0.25, -0.2) is 0 Å². The van der Waals surface area contributed by atoms with Crippen LogP contribution in [-0.2, 0) is 9.53 Å². The van der Waals surface area contributed by atoms with Gasteiger partial charge in [-0.2, -0.15) is 0 Å². The zero-order valence-corrected chi connectivity index (χ0v) is 8.62. The standard InChI is InChI=1S/C10H16N2O2/c1-6(2)12-7-3-9(13)11-10(7)5-14-4-8(10)12/h6-8H,3-5H2,1-2H3,(H,11,13). The number of rotatable bonds is 1. The van der Waals surface area contributed by atoms with Crippen LogP contribution < -0.4 is 5.32 Å². The first-order valence-electron chi connectivity index (χ1n) is 5.31. The van der Waals surface area contributed by atoms with E-state index in [-0.39, 0.29) is 11.4 Å². The van der Waals surface area contributed by atoms with E-state index < -0.39 is 0 Å². The number of nitrogens with one attached hydrogen (secondary N) is 1. The summed E-state index contributed by atoms with van der Waals surface area (Å²) in [5.74, 6) is 0.189. The average molecular weight is 196 g/mol. The van der Waals surface area contributed by atoms with Gasteiger partial charge in [0.1, 0.15) is 0 Å². The van der Waals surface area contributed by atoms with E-state index in [1.165, 1.54) is 0 Å². The highest BCUT2D eigenvalue weighted by atomic mass is 16.5. The number of nitrogens with zero attached hydrogens (tertiary/aromatic N) is 1. The van der Waals surface area contributed by atoms with Gasteiger partial charge in [-0.05, 0) is 13.8 Å². The van der Waals surface area contributed by atoms with E-state index in [1.54, 1.807) is 0 Å². The molecule has 3 heterocycles. The summed E-state index contributed by atoms with van der Waals surface area (Å²) in [7, 11) is 0. The Bertz CT molecular complexity index is 292. The molecular formula is C10H16N2O2. The molecule has 0 radical (unpaired) electrons. The fourth-order valence-corrected chi connectivity index (χ4v) is 3.35. The summed E-state index contributed by atoms with van der Waals surface area (Å²) in [6.07, 6.45) is 0.651. The van der Waals surface area contributed by atoms with E-state index in [2.05, 4.69) is 24.1 Å². The number of carbonyl (C=O) groups excluding carboxylic acids is 1. The molecule has 0 aliphatic carbocycles. The minimum Gasteiger partial charge on any atom is -0.377 e. The zero-order valence-electron chi connectivity index (χ0n) is 8.62. The molecule has 3 atom stereocenters. The molecule has 0 aromatic carbocycles. The van der Waals surface area contributed by atoms with Gasteiger partial charge in [0, 0.05) is 18.5 Å². The molecule has 4 nitrogen and oxygen atoms in total. The molecule has 3 unspecified atom stereocenters. The van der Waals surface area contributed by atoms with Crippen molar-refractivity contribution in [3.63, 3.8) is 0 Å². The second-order valence-corrected chi connectivity index (χ2v) is 4.88. The average Bonchev–Trinajstić information content (AvgIpc) is 2.55. The Morgan fingerprint density at radius 1 is 1.57 bits per heavy atom. The first-order chi connectivity index (χ1) is 6.65. The summed E-state index contributed by atoms with van der Waals surface area (Å²) in [5, 5.41) is 3.11. The Kier molecular flexibility index (Phi) is 1.55. The van der Waals surface area contributed by atoms with Crippen LogP contribution in [0.5, 0.6) is 0 Å². The Balaban J connectivity index is 1.92. The van der Waals surface area contributed by atoms with Gasteiger partial charge in [-0.3, -0.25) is 9.69 Å². The number of hydrogen-bond acceptors (Lipinski definition) is 3. The molecular weight excluding hydrogens is 180 g/mol. The van der Waals surface area contributed by atoms with Gasteiger partial charge in [0.05, 0.1) is 24.8 Å². The van der Waals surface area contributed by atoms with Crippen LogP contribution in [0, 0.1) is 0 Å². The van der Waals surface area contributed by atoms with E-state index >= 15 is 0 Å². The van der Waals surface area contributed by atoms with Crippen molar-refractivity contribution in [3.8, 4) is 0 Å². The third kappa shape index (κ3) is 0.792. The molecule has 14 heavy (non-hydrogen) atoms. The predicted octanol–water partition coefficient (Wildman–Crippen LogP) is -0.263. The van der Waals surface area contributed by atoms with Crippen molar-refractivity contribution in [3.05, 3.63) is 0 Å². The molecule has 0 aromatic rings. The maximum atomic E-state index is 11.4. The van der Waals surface area contributed by atoms with Crippen molar-refractivity contribution in [2.75, 3.05) is 13.2 Å². The van der Waals surface area contributed by atoms with Gasteiger partial charge in [0.25, 0.3) is 0 Å². The third-order valence-corrected chi connectivity index (χ3v) is 3.87. The lowest BCUT2D eigenvalue weighted by molar-refractivity contribution is -0.119. The van der Waals surface area contributed by atoms with Gasteiger partial charge in [-0.1, -0.05) is 0 Å². The number of hydrogen-bond donors (Lipinski definition) is 1. The van der Waals surface area contributed by atoms with Crippen molar-refractivity contribution >= 4 is 5.91 Å². The molecule has 3 saturated heterocycles. The molecule has 3 fully saturated rings. The summed E-state index contributed by atoms with van der Waals surface area (Å²) in [4.78, 5) is 13.8. The van der Waals surface area contributed by atoms with Crippen molar-refractivity contribution in [1.29, 1.82) is 0 Å². The highest BCUT2D eigenvalue weighted by Gasteiger charge is 2.68. The van der Waals surface area contributed by atoms with Gasteiger partial charge in [-0.15, -0.1) is 0 Å². The largest absolute Gasteiger partial charge is 0.377 e. The fraction of sp³-hybridized carbons (Fsp3) is 0.900. The molecule has 3 aliphatic heterocycles. The van der Waals surface area contributed by atoms with Crippen LogP contribution >= 0.6 is 0 Å². The lowest BCUT2D eigenvalue weighted by Gasteiger charge is -2.57. The van der Waals surface area contributed by atoms with E-state index in [0.29, 0.717) is 31.2 Å². The van der Waals surface area contributed by atoms with E-state index in [0.717, 1.165) is 6.61 Å². The van der Waals surface area contributed by atoms with Gasteiger partial charge >= 0.3 is 0 Å². The maximum Gasteiger partial charge on any atom is 0.222 e. The molecule has 0 bridgehead atoms. The molecule has 1 amide bonds. The number of carbonyl (C=O) groups is 1. The second kappa shape index (κ2) is 2.49. The van der Waals surface area contributed by atoms with Crippen molar-refractivity contribution in [2.45, 2.75) is 43.9 Å². The normalized spacial score (nSPS) is 46.1. The first-order valence-corrected chi connectivity index (χ1v) is 5.31. The summed E-state index contributed by atoms with van der Waals surface area (Å²) < 4.78 is 5.51. The van der Waals surface area contributed by atoms with E-state index in [9.17, 15) is 4.79 Å². The smallest absolute Gasteiger partial charge is 0.222 e. The highest BCUT2D eigenvalue weighted by molar-refractivity contribution is 5.82. The third-order valence-electron chi connectivity index (χ3n) is 3.87. The SMILES string of the molecule is CC(C)N1C2COCC23NC(=O)CC13. The van der Waals surface area contributed by atoms with E-state index in [1.807, 2.05) is 0 Å². The molecule has 3 rings (SSSR count). The minimum atomic E-state index is -0.0264. The van der Waals surface area contributed by atoms with Gasteiger partial charge < -0.3 is 10.1 Å². The van der Waals surface area contributed by atoms with Crippen LogP contribution in [0.3, 0.4) is 0 Å². The summed E-state index contributed by atoms with van der Waals surface area (Å²) >= 11 is 0. The second-order valence-electron chi connectivity index (χ2n) is 4.88. The first kappa shape index (κ1) is 8.68. The summed E-state index contributed by atoms with van der Waals surface area (Å²) in [5.41, 5.74) is -0.0264. The van der Waals surface area contributed by atoms with Crippen LogP contribution in [0.1, 0.15) is 20.3 Å². The van der Waals surface area contributed by atoms with Crippen LogP contribution in [0.25, 0.3) is 0 Å². The number of ether oxygens (including phenoxy) is 1. The Hall–Kier alpha value is -0.610. The number of likely N-dealkylation sites (tertiary alicyclic amines) is 1. The van der Waals surface area contributed by atoms with Crippen molar-refractivity contribution in [1.82, 2.24) is 10.2 Å². The van der Waals surface area contributed by atoms with Gasteiger partial charge in [0.2, 0.25) is 5.91 Å². The molecule has 1 spiro atoms. The molecule has 0 saturated carbocycles. The van der Waals surface area contributed by atoms with Gasteiger partial charge in [0.15, 0.2) is 0 Å². The Labute approximate surface area is 83.6 Å². The Morgan fingerprint density at radius 3 is 3.07 bits per heavy atom. The van der Waals surface area contributed by atoms with Crippen molar-refractivity contribution in [2.24, 2.45) is 0 Å². The lowest BCUT2D eigenvalue weighted by atomic mass is 9.74. The molecule has 3 aliphatic rings. The van der Waals surface area contributed by atoms with Crippen LogP contribution in [0.15, 0.2) is 0 Å². The molecule has 78 valence electrons. The monoisotopic (exact) mass is 196 g/mol. The summed E-state index contributed by atoms with van der Waals surface area (Å²) in [6.45, 7) is 5.85. The number of amides is 1. The fourth-order valence-electron chi connectivity index (χ4n) is 3.35. The molecule has 4 heteroatoms. The predicted molar refractivity (Wildman–Crippen MR) is 50.9 cm³/mol. The van der Waals surface area contributed by atoms with E-state index in [4.69, 9.17) is 4.74 Å². The maximum absolute atomic E-state index is 11.4. The Morgan fingerprint density at radius 2 is 2.36 bits per heavy atom. The van der Waals surface area contributed by atoms with Crippen molar-refractivity contribution < 1.29 is 9.53 Å². The van der Waals surface area contributed by atoms with Crippen LogP contribution in [0.4, 0.5) is 0 Å². The molecule has 1 N–H and O–H groups in total. The zero-order chi connectivity index (χ0) is 9.92. The quantitative estimate of drug-likeness (QED) is 0.628.